The van der Waals surface area contributed by atoms with E-state index < -0.39 is 0 Å². The number of rotatable bonds is 4. The van der Waals surface area contributed by atoms with Gasteiger partial charge in [0, 0.05) is 37.4 Å². The summed E-state index contributed by atoms with van der Waals surface area (Å²) in [5.74, 6) is 0. The van der Waals surface area contributed by atoms with Gasteiger partial charge in [-0.2, -0.15) is 0 Å². The van der Waals surface area contributed by atoms with E-state index in [-0.39, 0.29) is 0 Å². The van der Waals surface area contributed by atoms with Crippen LogP contribution < -0.4 is 5.32 Å². The van der Waals surface area contributed by atoms with E-state index in [4.69, 9.17) is 0 Å². The van der Waals surface area contributed by atoms with Crippen molar-refractivity contribution in [3.8, 4) is 0 Å². The summed E-state index contributed by atoms with van der Waals surface area (Å²) in [6.45, 7) is 1.70. The minimum atomic E-state index is 0.825. The van der Waals surface area contributed by atoms with E-state index in [0.717, 1.165) is 18.8 Å². The summed E-state index contributed by atoms with van der Waals surface area (Å²) in [4.78, 5) is 9.99. The van der Waals surface area contributed by atoms with Crippen molar-refractivity contribution in [2.24, 2.45) is 0 Å². The van der Waals surface area contributed by atoms with Crippen LogP contribution in [0.1, 0.15) is 11.3 Å². The quantitative estimate of drug-likeness (QED) is 0.651. The third-order valence-electron chi connectivity index (χ3n) is 1.86. The largest absolute Gasteiger partial charge is 0.367 e. The number of nitrogens with zero attached hydrogens (tertiary/aromatic N) is 1. The first kappa shape index (κ1) is 8.07. The van der Waals surface area contributed by atoms with E-state index in [1.165, 1.54) is 5.56 Å². The van der Waals surface area contributed by atoms with Gasteiger partial charge in [0.1, 0.15) is 0 Å². The van der Waals surface area contributed by atoms with E-state index in [2.05, 4.69) is 26.3 Å². The zero-order valence-electron chi connectivity index (χ0n) is 7.25. The summed E-state index contributed by atoms with van der Waals surface area (Å²) in [5.41, 5.74) is 2.37. The van der Waals surface area contributed by atoms with E-state index in [1.54, 1.807) is 6.33 Å². The summed E-state index contributed by atoms with van der Waals surface area (Å²) in [7, 11) is 0. The van der Waals surface area contributed by atoms with E-state index >= 15 is 0 Å². The highest BCUT2D eigenvalue weighted by molar-refractivity contribution is 5.07. The molecule has 3 N–H and O–H groups in total. The number of imidazole rings is 1. The summed E-state index contributed by atoms with van der Waals surface area (Å²) in [5, 5.41) is 3.30. The highest BCUT2D eigenvalue weighted by atomic mass is 14.9. The van der Waals surface area contributed by atoms with Crippen molar-refractivity contribution in [2.75, 3.05) is 0 Å². The van der Waals surface area contributed by atoms with Gasteiger partial charge >= 0.3 is 0 Å². The molecular weight excluding hydrogens is 164 g/mol. The topological polar surface area (TPSA) is 56.5 Å². The molecule has 4 heteroatoms. The predicted molar refractivity (Wildman–Crippen MR) is 49.9 cm³/mol. The number of aromatic nitrogens is 3. The molecule has 2 rings (SSSR count). The van der Waals surface area contributed by atoms with Crippen molar-refractivity contribution in [3.63, 3.8) is 0 Å². The minimum Gasteiger partial charge on any atom is -0.367 e. The Morgan fingerprint density at radius 1 is 1.38 bits per heavy atom. The molecule has 68 valence electrons. The molecule has 0 fully saturated rings. The maximum atomic E-state index is 3.94. The molecule has 0 atom stereocenters. The van der Waals surface area contributed by atoms with Crippen molar-refractivity contribution in [2.45, 2.75) is 13.1 Å². The van der Waals surface area contributed by atoms with Gasteiger partial charge in [-0.05, 0) is 11.6 Å². The van der Waals surface area contributed by atoms with Crippen LogP contribution in [-0.4, -0.2) is 15.0 Å². The van der Waals surface area contributed by atoms with Gasteiger partial charge in [-0.15, -0.1) is 0 Å². The first-order chi connectivity index (χ1) is 6.45. The summed E-state index contributed by atoms with van der Waals surface area (Å²) >= 11 is 0. The molecule has 0 saturated heterocycles. The van der Waals surface area contributed by atoms with Gasteiger partial charge in [0.25, 0.3) is 0 Å². The Hall–Kier alpha value is -1.55. The first-order valence-electron chi connectivity index (χ1n) is 4.25. The molecule has 2 aromatic rings. The number of aromatic amines is 2. The lowest BCUT2D eigenvalue weighted by Gasteiger charge is -1.99. The van der Waals surface area contributed by atoms with Crippen LogP contribution in [0.5, 0.6) is 0 Å². The Morgan fingerprint density at radius 2 is 2.38 bits per heavy atom. The maximum absolute atomic E-state index is 3.94. The second-order valence-corrected chi connectivity index (χ2v) is 2.90. The molecule has 0 amide bonds. The molecule has 4 nitrogen and oxygen atoms in total. The van der Waals surface area contributed by atoms with Gasteiger partial charge in [0.15, 0.2) is 0 Å². The summed E-state index contributed by atoms with van der Waals surface area (Å²) < 4.78 is 0. The van der Waals surface area contributed by atoms with Gasteiger partial charge in [-0.1, -0.05) is 0 Å². The van der Waals surface area contributed by atoms with Crippen LogP contribution in [0, 0.1) is 0 Å². The molecule has 0 unspecified atom stereocenters. The molecule has 0 bridgehead atoms. The highest BCUT2D eigenvalue weighted by Gasteiger charge is 1.94. The van der Waals surface area contributed by atoms with E-state index in [1.807, 2.05) is 18.6 Å². The average Bonchev–Trinajstić information content (AvgIpc) is 2.75. The third kappa shape index (κ3) is 2.19. The van der Waals surface area contributed by atoms with Gasteiger partial charge in [0.2, 0.25) is 0 Å². The number of hydrogen-bond donors (Lipinski definition) is 3. The van der Waals surface area contributed by atoms with Crippen molar-refractivity contribution in [1.82, 2.24) is 20.3 Å². The zero-order chi connectivity index (χ0) is 8.93. The molecule has 0 aliphatic heterocycles. The Kier molecular flexibility index (Phi) is 2.43. The second kappa shape index (κ2) is 3.91. The van der Waals surface area contributed by atoms with Gasteiger partial charge in [-0.25, -0.2) is 4.98 Å². The fraction of sp³-hybridized carbons (Fsp3) is 0.222. The molecule has 0 radical (unpaired) electrons. The Balaban J connectivity index is 1.76. The number of nitrogens with one attached hydrogen (secondary N) is 3. The number of hydrogen-bond acceptors (Lipinski definition) is 2. The molecule has 0 aliphatic carbocycles. The molecule has 0 spiro atoms. The van der Waals surface area contributed by atoms with Crippen LogP contribution in [0.2, 0.25) is 0 Å². The standard InChI is InChI=1S/C9H12N4/c1-2-10-3-8(1)4-11-5-9-6-12-7-13-9/h1-3,6-7,10-11H,4-5H2,(H,12,13). The Bertz CT molecular complexity index is 288. The lowest BCUT2D eigenvalue weighted by Crippen LogP contribution is -2.12. The summed E-state index contributed by atoms with van der Waals surface area (Å²) in [6.07, 6.45) is 7.42. The van der Waals surface area contributed by atoms with Gasteiger partial charge < -0.3 is 15.3 Å². The Morgan fingerprint density at radius 3 is 3.08 bits per heavy atom. The van der Waals surface area contributed by atoms with Crippen LogP contribution in [0.15, 0.2) is 31.0 Å². The minimum absolute atomic E-state index is 0.825. The molecule has 0 aromatic carbocycles. The molecule has 0 aliphatic rings. The summed E-state index contributed by atoms with van der Waals surface area (Å²) in [6, 6.07) is 2.06. The SMILES string of the molecule is c1cc(CNCc2cnc[nH]2)c[nH]1. The van der Waals surface area contributed by atoms with Crippen molar-refractivity contribution in [1.29, 1.82) is 0 Å². The molecular formula is C9H12N4. The normalized spacial score (nSPS) is 10.5. The lowest BCUT2D eigenvalue weighted by atomic mass is 10.3. The van der Waals surface area contributed by atoms with Crippen LogP contribution >= 0.6 is 0 Å². The fourth-order valence-corrected chi connectivity index (χ4v) is 1.19. The van der Waals surface area contributed by atoms with Crippen LogP contribution in [0.4, 0.5) is 0 Å². The van der Waals surface area contributed by atoms with Crippen molar-refractivity contribution >= 4 is 0 Å². The predicted octanol–water partition coefficient (Wildman–Crippen LogP) is 1.03. The third-order valence-corrected chi connectivity index (χ3v) is 1.86. The van der Waals surface area contributed by atoms with Crippen LogP contribution in [0.3, 0.4) is 0 Å². The smallest absolute Gasteiger partial charge is 0.0922 e. The highest BCUT2D eigenvalue weighted by Crippen LogP contribution is 1.96. The van der Waals surface area contributed by atoms with Crippen molar-refractivity contribution in [3.05, 3.63) is 42.2 Å². The monoisotopic (exact) mass is 176 g/mol. The molecule has 2 heterocycles. The van der Waals surface area contributed by atoms with Crippen molar-refractivity contribution < 1.29 is 0 Å². The van der Waals surface area contributed by atoms with E-state index in [9.17, 15) is 0 Å². The number of H-pyrrole nitrogens is 2. The van der Waals surface area contributed by atoms with Gasteiger partial charge in [0.05, 0.1) is 6.33 Å². The molecule has 2 aromatic heterocycles. The van der Waals surface area contributed by atoms with Crippen LogP contribution in [-0.2, 0) is 13.1 Å². The zero-order valence-corrected chi connectivity index (χ0v) is 7.25. The first-order valence-corrected chi connectivity index (χ1v) is 4.25. The van der Waals surface area contributed by atoms with Crippen LogP contribution in [0.25, 0.3) is 0 Å². The fourth-order valence-electron chi connectivity index (χ4n) is 1.19. The average molecular weight is 176 g/mol. The molecule has 0 saturated carbocycles. The second-order valence-electron chi connectivity index (χ2n) is 2.90. The van der Waals surface area contributed by atoms with Gasteiger partial charge in [-0.3, -0.25) is 0 Å². The lowest BCUT2D eigenvalue weighted by molar-refractivity contribution is 0.683. The Labute approximate surface area is 76.4 Å². The van der Waals surface area contributed by atoms with E-state index in [0.29, 0.717) is 0 Å². The maximum Gasteiger partial charge on any atom is 0.0922 e. The molecule has 13 heavy (non-hydrogen) atoms.